The first-order valence-electron chi connectivity index (χ1n) is 10.0. The molecule has 4 rings (SSSR count). The van der Waals surface area contributed by atoms with Crippen molar-refractivity contribution in [2.45, 2.75) is 26.4 Å². The lowest BCUT2D eigenvalue weighted by Crippen LogP contribution is -2.39. The van der Waals surface area contributed by atoms with Crippen molar-refractivity contribution in [3.63, 3.8) is 0 Å². The van der Waals surface area contributed by atoms with Crippen LogP contribution in [0.4, 0.5) is 4.39 Å². The summed E-state index contributed by atoms with van der Waals surface area (Å²) in [6, 6.07) is 13.9. The Balaban J connectivity index is 2.03. The van der Waals surface area contributed by atoms with Crippen molar-refractivity contribution in [1.29, 1.82) is 0 Å². The van der Waals surface area contributed by atoms with E-state index >= 15 is 0 Å². The zero-order chi connectivity index (χ0) is 22.1. The van der Waals surface area contributed by atoms with Gasteiger partial charge in [-0.25, -0.2) is 14.2 Å². The molecule has 0 saturated heterocycles. The van der Waals surface area contributed by atoms with Crippen LogP contribution in [0.15, 0.2) is 58.1 Å². The monoisotopic (exact) mass is 422 g/mol. The highest BCUT2D eigenvalue weighted by Gasteiger charge is 2.21. The summed E-state index contributed by atoms with van der Waals surface area (Å²) in [5, 5.41) is 9.17. The van der Waals surface area contributed by atoms with Gasteiger partial charge in [-0.05, 0) is 31.0 Å². The molecule has 0 atom stereocenters. The van der Waals surface area contributed by atoms with Crippen molar-refractivity contribution in [3.8, 4) is 11.4 Å². The van der Waals surface area contributed by atoms with E-state index in [-0.39, 0.29) is 30.7 Å². The molecular weight excluding hydrogens is 399 g/mol. The van der Waals surface area contributed by atoms with Crippen molar-refractivity contribution in [2.75, 3.05) is 6.61 Å². The van der Waals surface area contributed by atoms with Crippen LogP contribution in [0.3, 0.4) is 0 Å². The van der Waals surface area contributed by atoms with Gasteiger partial charge in [0.1, 0.15) is 11.6 Å². The van der Waals surface area contributed by atoms with Gasteiger partial charge in [0.15, 0.2) is 11.2 Å². The lowest BCUT2D eigenvalue weighted by atomic mass is 10.1. The number of rotatable bonds is 6. The number of aliphatic hydroxyl groups excluding tert-OH is 1. The molecule has 0 fully saturated rings. The van der Waals surface area contributed by atoms with E-state index in [1.807, 2.05) is 31.2 Å². The molecule has 0 spiro atoms. The first-order chi connectivity index (χ1) is 14.9. The van der Waals surface area contributed by atoms with E-state index in [1.165, 1.54) is 16.7 Å². The molecule has 0 amide bonds. The molecule has 0 bridgehead atoms. The molecule has 0 radical (unpaired) electrons. The van der Waals surface area contributed by atoms with Gasteiger partial charge in [-0.1, -0.05) is 42.0 Å². The molecule has 2 heterocycles. The number of hydrogen-bond acceptors (Lipinski definition) is 4. The van der Waals surface area contributed by atoms with E-state index in [1.54, 1.807) is 23.7 Å². The summed E-state index contributed by atoms with van der Waals surface area (Å²) in [6.07, 6.45) is 0.281. The molecule has 2 aromatic heterocycles. The van der Waals surface area contributed by atoms with Crippen LogP contribution in [-0.4, -0.2) is 30.4 Å². The molecule has 7 nitrogen and oxygen atoms in total. The zero-order valence-electron chi connectivity index (χ0n) is 17.4. The molecule has 4 aromatic rings. The van der Waals surface area contributed by atoms with Crippen LogP contribution in [0.2, 0.25) is 0 Å². The summed E-state index contributed by atoms with van der Waals surface area (Å²) in [5.74, 6) is -0.0113. The number of aryl methyl sites for hydroxylation is 2. The van der Waals surface area contributed by atoms with Crippen molar-refractivity contribution in [2.24, 2.45) is 7.05 Å². The Labute approximate surface area is 177 Å². The molecule has 160 valence electrons. The number of fused-ring (bicyclic) bond motifs is 1. The van der Waals surface area contributed by atoms with Gasteiger partial charge in [-0.3, -0.25) is 13.9 Å². The van der Waals surface area contributed by atoms with Crippen molar-refractivity contribution >= 4 is 11.2 Å². The Hall–Kier alpha value is -3.52. The van der Waals surface area contributed by atoms with Gasteiger partial charge < -0.3 is 9.67 Å². The molecule has 0 aliphatic rings. The van der Waals surface area contributed by atoms with Gasteiger partial charge in [0.25, 0.3) is 5.56 Å². The zero-order valence-corrected chi connectivity index (χ0v) is 17.4. The van der Waals surface area contributed by atoms with Gasteiger partial charge in [0.05, 0.1) is 0 Å². The quantitative estimate of drug-likeness (QED) is 0.518. The third-order valence-corrected chi connectivity index (χ3v) is 5.32. The SMILES string of the molecule is Cc1ccc(Cn2c(-c3cccc(F)c3)nc3c2c(=O)n(CCCO)c(=O)n3C)cc1. The molecule has 8 heteroatoms. The highest BCUT2D eigenvalue weighted by atomic mass is 19.1. The van der Waals surface area contributed by atoms with Gasteiger partial charge >= 0.3 is 5.69 Å². The Morgan fingerprint density at radius 2 is 1.81 bits per heavy atom. The number of nitrogens with zero attached hydrogens (tertiary/aromatic N) is 4. The van der Waals surface area contributed by atoms with E-state index in [9.17, 15) is 14.0 Å². The first kappa shape index (κ1) is 20.7. The average Bonchev–Trinajstić information content (AvgIpc) is 3.13. The summed E-state index contributed by atoms with van der Waals surface area (Å²) in [6.45, 7) is 2.29. The van der Waals surface area contributed by atoms with E-state index in [2.05, 4.69) is 4.98 Å². The highest BCUT2D eigenvalue weighted by molar-refractivity contribution is 5.77. The van der Waals surface area contributed by atoms with Gasteiger partial charge in [-0.15, -0.1) is 0 Å². The van der Waals surface area contributed by atoms with E-state index < -0.39 is 17.1 Å². The smallest absolute Gasteiger partial charge is 0.332 e. The van der Waals surface area contributed by atoms with E-state index in [0.717, 1.165) is 15.7 Å². The minimum atomic E-state index is -0.503. The molecule has 0 aliphatic carbocycles. The lowest BCUT2D eigenvalue weighted by Gasteiger charge is -2.11. The fraction of sp³-hybridized carbons (Fsp3) is 0.261. The third-order valence-electron chi connectivity index (χ3n) is 5.32. The minimum absolute atomic E-state index is 0.100. The van der Waals surface area contributed by atoms with E-state index in [0.29, 0.717) is 17.9 Å². The summed E-state index contributed by atoms with van der Waals surface area (Å²) < 4.78 is 18.1. The van der Waals surface area contributed by atoms with Crippen LogP contribution in [0.5, 0.6) is 0 Å². The highest BCUT2D eigenvalue weighted by Crippen LogP contribution is 2.24. The summed E-state index contributed by atoms with van der Waals surface area (Å²) >= 11 is 0. The summed E-state index contributed by atoms with van der Waals surface area (Å²) in [4.78, 5) is 30.6. The topological polar surface area (TPSA) is 82.1 Å². The number of halogens is 1. The van der Waals surface area contributed by atoms with Crippen LogP contribution >= 0.6 is 0 Å². The Kier molecular flexibility index (Phi) is 5.56. The van der Waals surface area contributed by atoms with Crippen LogP contribution in [-0.2, 0) is 20.1 Å². The van der Waals surface area contributed by atoms with Crippen LogP contribution in [0, 0.1) is 12.7 Å². The molecule has 1 N–H and O–H groups in total. The predicted octanol–water partition coefficient (Wildman–Crippen LogP) is 2.44. The lowest BCUT2D eigenvalue weighted by molar-refractivity contribution is 0.277. The van der Waals surface area contributed by atoms with Crippen molar-refractivity contribution < 1.29 is 9.50 Å². The fourth-order valence-corrected chi connectivity index (χ4v) is 3.68. The molecule has 31 heavy (non-hydrogen) atoms. The van der Waals surface area contributed by atoms with E-state index in [4.69, 9.17) is 5.11 Å². The second-order valence-corrected chi connectivity index (χ2v) is 7.57. The van der Waals surface area contributed by atoms with Gasteiger partial charge in [0, 0.05) is 32.3 Å². The second kappa shape index (κ2) is 8.31. The third kappa shape index (κ3) is 3.82. The Bertz CT molecular complexity index is 1370. The summed E-state index contributed by atoms with van der Waals surface area (Å²) in [7, 11) is 1.55. The van der Waals surface area contributed by atoms with Crippen LogP contribution in [0.25, 0.3) is 22.6 Å². The number of aromatic nitrogens is 4. The summed E-state index contributed by atoms with van der Waals surface area (Å²) in [5.41, 5.74) is 2.08. The molecule has 2 aromatic carbocycles. The Morgan fingerprint density at radius 1 is 1.06 bits per heavy atom. The number of benzene rings is 2. The number of aliphatic hydroxyl groups is 1. The first-order valence-corrected chi connectivity index (χ1v) is 10.0. The maximum atomic E-state index is 14.0. The largest absolute Gasteiger partial charge is 0.396 e. The maximum absolute atomic E-state index is 14.0. The van der Waals surface area contributed by atoms with Gasteiger partial charge in [-0.2, -0.15) is 0 Å². The average molecular weight is 422 g/mol. The number of hydrogen-bond donors (Lipinski definition) is 1. The maximum Gasteiger partial charge on any atom is 0.332 e. The fourth-order valence-electron chi connectivity index (χ4n) is 3.68. The van der Waals surface area contributed by atoms with Crippen LogP contribution in [0.1, 0.15) is 17.5 Å². The molecule has 0 saturated carbocycles. The predicted molar refractivity (Wildman–Crippen MR) is 117 cm³/mol. The Morgan fingerprint density at radius 3 is 2.48 bits per heavy atom. The van der Waals surface area contributed by atoms with Gasteiger partial charge in [0.2, 0.25) is 0 Å². The normalized spacial score (nSPS) is 11.4. The molecule has 0 unspecified atom stereocenters. The molecule has 0 aliphatic heterocycles. The second-order valence-electron chi connectivity index (χ2n) is 7.57. The number of imidazole rings is 1. The minimum Gasteiger partial charge on any atom is -0.396 e. The standard InChI is InChI=1S/C23H23FN4O3/c1-15-7-9-16(10-8-15)14-28-19-21(25-20(28)17-5-3-6-18(24)13-17)26(2)23(31)27(22(19)30)11-4-12-29/h3,5-10,13,29H,4,11-12,14H2,1-2H3. The molecular formula is C23H23FN4O3. The van der Waals surface area contributed by atoms with Crippen molar-refractivity contribution in [1.82, 2.24) is 18.7 Å². The van der Waals surface area contributed by atoms with Crippen LogP contribution < -0.4 is 11.2 Å². The van der Waals surface area contributed by atoms with Crippen molar-refractivity contribution in [3.05, 3.63) is 86.3 Å².